The zero-order chi connectivity index (χ0) is 16.8. The van der Waals surface area contributed by atoms with Crippen molar-refractivity contribution in [1.29, 1.82) is 0 Å². The van der Waals surface area contributed by atoms with E-state index in [-0.39, 0.29) is 11.3 Å². The molecule has 0 aliphatic rings. The molecule has 0 N–H and O–H groups in total. The number of oxime groups is 1. The highest BCUT2D eigenvalue weighted by atomic mass is 16.6. The number of Topliss-reactive ketones (excluding diaryl/α,β-unsaturated/α-hetero) is 1. The first kappa shape index (κ1) is 16.4. The van der Waals surface area contributed by atoms with E-state index >= 15 is 0 Å². The number of nitrogens with zero attached hydrogens (tertiary/aromatic N) is 1. The predicted molar refractivity (Wildman–Crippen MR) is 86.8 cm³/mol. The molecule has 0 aliphatic heterocycles. The summed E-state index contributed by atoms with van der Waals surface area (Å²) in [5, 5.41) is 4.05. The molecule has 23 heavy (non-hydrogen) atoms. The van der Waals surface area contributed by atoms with Gasteiger partial charge in [-0.2, -0.15) is 0 Å². The number of hydrogen-bond donors (Lipinski definition) is 0. The van der Waals surface area contributed by atoms with Gasteiger partial charge in [0.05, 0.1) is 18.4 Å². The first-order valence-corrected chi connectivity index (χ1v) is 7.03. The highest BCUT2D eigenvalue weighted by molar-refractivity contribution is 6.41. The van der Waals surface area contributed by atoms with Crippen LogP contribution in [0.4, 0.5) is 0 Å². The predicted octanol–water partition coefficient (Wildman–Crippen LogP) is 3.15. The molecule has 2 aromatic carbocycles. The molecule has 0 heterocycles. The van der Waals surface area contributed by atoms with Crippen molar-refractivity contribution < 1.29 is 19.2 Å². The number of methoxy groups -OCH3 is 1. The molecule has 0 aromatic heterocycles. The third-order valence-corrected chi connectivity index (χ3v) is 3.22. The van der Waals surface area contributed by atoms with Crippen molar-refractivity contribution in [3.05, 3.63) is 65.2 Å². The number of ketones is 1. The van der Waals surface area contributed by atoms with E-state index in [2.05, 4.69) is 9.89 Å². The van der Waals surface area contributed by atoms with Crippen LogP contribution in [0.25, 0.3) is 0 Å². The Morgan fingerprint density at radius 1 is 1.04 bits per heavy atom. The topological polar surface area (TPSA) is 65.0 Å². The maximum absolute atomic E-state index is 12.0. The lowest BCUT2D eigenvalue weighted by Gasteiger charge is -2.06. The Labute approximate surface area is 134 Å². The second kappa shape index (κ2) is 7.35. The average molecular weight is 311 g/mol. The fourth-order valence-corrected chi connectivity index (χ4v) is 1.98. The summed E-state index contributed by atoms with van der Waals surface area (Å²) in [6.45, 7) is 3.79. The number of carbonyl (C=O) groups is 2. The fourth-order valence-electron chi connectivity index (χ4n) is 1.98. The summed E-state index contributed by atoms with van der Waals surface area (Å²) in [4.78, 5) is 28.7. The molecule has 0 saturated carbocycles. The summed E-state index contributed by atoms with van der Waals surface area (Å²) < 4.78 is 4.45. The van der Waals surface area contributed by atoms with Crippen LogP contribution in [0.5, 0.6) is 5.75 Å². The molecule has 0 spiro atoms. The molecule has 0 saturated heterocycles. The Kier molecular flexibility index (Phi) is 5.25. The number of para-hydroxylation sites is 1. The van der Waals surface area contributed by atoms with Crippen molar-refractivity contribution in [2.24, 2.45) is 5.16 Å². The summed E-state index contributed by atoms with van der Waals surface area (Å²) in [6.07, 6.45) is 0. The Hall–Kier alpha value is -2.95. The van der Waals surface area contributed by atoms with E-state index in [1.807, 2.05) is 31.2 Å². The molecule has 5 heteroatoms. The first-order valence-electron chi connectivity index (χ1n) is 7.03. The van der Waals surface area contributed by atoms with Gasteiger partial charge in [-0.1, -0.05) is 47.1 Å². The van der Waals surface area contributed by atoms with Gasteiger partial charge in [0.1, 0.15) is 0 Å². The molecule has 2 rings (SSSR count). The van der Waals surface area contributed by atoms with Gasteiger partial charge in [0.25, 0.3) is 5.78 Å². The minimum Gasteiger partial charge on any atom is -0.463 e. The molecule has 2 aromatic rings. The molecular formula is C18H17NO4. The zero-order valence-electron chi connectivity index (χ0n) is 13.2. The van der Waals surface area contributed by atoms with Crippen LogP contribution in [0.2, 0.25) is 0 Å². The van der Waals surface area contributed by atoms with Gasteiger partial charge in [-0.25, -0.2) is 4.79 Å². The Bertz CT molecular complexity index is 765. The van der Waals surface area contributed by atoms with E-state index in [1.54, 1.807) is 25.1 Å². The maximum Gasteiger partial charge on any atom is 0.379 e. The summed E-state index contributed by atoms with van der Waals surface area (Å²) in [5.41, 5.74) is 2.80. The molecule has 0 radical (unpaired) electrons. The largest absolute Gasteiger partial charge is 0.463 e. The van der Waals surface area contributed by atoms with Gasteiger partial charge < -0.3 is 9.57 Å². The third kappa shape index (κ3) is 4.03. The molecule has 0 atom stereocenters. The van der Waals surface area contributed by atoms with Crippen molar-refractivity contribution in [1.82, 2.24) is 0 Å². The van der Waals surface area contributed by atoms with Gasteiger partial charge in [-0.15, -0.1) is 0 Å². The maximum atomic E-state index is 12.0. The first-order chi connectivity index (χ1) is 11.0. The summed E-state index contributed by atoms with van der Waals surface area (Å²) >= 11 is 0. The lowest BCUT2D eigenvalue weighted by atomic mass is 10.1. The SMILES string of the molecule is COC(=O)C(=O)c1ccccc1O/N=C(/C)c1cccc(C)c1. The van der Waals surface area contributed by atoms with E-state index in [0.29, 0.717) is 5.71 Å². The normalized spacial score (nSPS) is 11.0. The molecule has 118 valence electrons. The zero-order valence-corrected chi connectivity index (χ0v) is 13.2. The molecule has 5 nitrogen and oxygen atoms in total. The smallest absolute Gasteiger partial charge is 0.379 e. The second-order valence-electron chi connectivity index (χ2n) is 4.95. The van der Waals surface area contributed by atoms with Crippen molar-refractivity contribution in [3.8, 4) is 5.75 Å². The monoisotopic (exact) mass is 311 g/mol. The summed E-state index contributed by atoms with van der Waals surface area (Å²) in [5.74, 6) is -1.51. The van der Waals surface area contributed by atoms with Crippen molar-refractivity contribution in [2.75, 3.05) is 7.11 Å². The van der Waals surface area contributed by atoms with Gasteiger partial charge in [0.2, 0.25) is 0 Å². The average Bonchev–Trinajstić information content (AvgIpc) is 2.58. The molecule has 0 aliphatic carbocycles. The van der Waals surface area contributed by atoms with E-state index in [0.717, 1.165) is 18.2 Å². The van der Waals surface area contributed by atoms with Crippen molar-refractivity contribution in [2.45, 2.75) is 13.8 Å². The van der Waals surface area contributed by atoms with E-state index in [4.69, 9.17) is 4.84 Å². The quantitative estimate of drug-likeness (QED) is 0.280. The van der Waals surface area contributed by atoms with Crippen LogP contribution in [0.15, 0.2) is 53.7 Å². The number of hydrogen-bond acceptors (Lipinski definition) is 5. The molecular weight excluding hydrogens is 294 g/mol. The van der Waals surface area contributed by atoms with Gasteiger partial charge in [0.15, 0.2) is 5.75 Å². The standard InChI is InChI=1S/C18H17NO4/c1-12-7-6-8-14(11-12)13(2)19-23-16-10-5-4-9-15(16)17(20)18(21)22-3/h4-11H,1-3H3/b19-13-. The van der Waals surface area contributed by atoms with Crippen LogP contribution in [0.1, 0.15) is 28.4 Å². The van der Waals surface area contributed by atoms with Gasteiger partial charge in [-0.3, -0.25) is 4.79 Å². The van der Waals surface area contributed by atoms with Crippen LogP contribution in [-0.2, 0) is 9.53 Å². The van der Waals surface area contributed by atoms with E-state index in [1.165, 1.54) is 6.07 Å². The summed E-state index contributed by atoms with van der Waals surface area (Å²) in [7, 11) is 1.16. The highest BCUT2D eigenvalue weighted by Gasteiger charge is 2.21. The minimum atomic E-state index is -0.944. The Morgan fingerprint density at radius 2 is 1.78 bits per heavy atom. The summed E-state index contributed by atoms with van der Waals surface area (Å²) in [6, 6.07) is 14.2. The number of aryl methyl sites for hydroxylation is 1. The lowest BCUT2D eigenvalue weighted by Crippen LogP contribution is -2.16. The van der Waals surface area contributed by atoms with Crippen LogP contribution < -0.4 is 4.84 Å². The number of carbonyl (C=O) groups excluding carboxylic acids is 2. The molecule has 0 fully saturated rings. The molecule has 0 unspecified atom stereocenters. The molecule has 0 bridgehead atoms. The second-order valence-corrected chi connectivity index (χ2v) is 4.95. The molecule has 0 amide bonds. The third-order valence-electron chi connectivity index (χ3n) is 3.22. The van der Waals surface area contributed by atoms with Gasteiger partial charge in [-0.05, 0) is 31.5 Å². The van der Waals surface area contributed by atoms with E-state index < -0.39 is 11.8 Å². The lowest BCUT2D eigenvalue weighted by molar-refractivity contribution is -0.135. The van der Waals surface area contributed by atoms with Crippen LogP contribution in [-0.4, -0.2) is 24.6 Å². The minimum absolute atomic E-state index is 0.111. The van der Waals surface area contributed by atoms with Crippen LogP contribution in [0, 0.1) is 6.92 Å². The number of ether oxygens (including phenoxy) is 1. The van der Waals surface area contributed by atoms with Crippen molar-refractivity contribution in [3.63, 3.8) is 0 Å². The fraction of sp³-hybridized carbons (Fsp3) is 0.167. The number of esters is 1. The van der Waals surface area contributed by atoms with Gasteiger partial charge in [0, 0.05) is 0 Å². The number of benzene rings is 2. The Balaban J connectivity index is 2.25. The van der Waals surface area contributed by atoms with Crippen LogP contribution >= 0.6 is 0 Å². The Morgan fingerprint density at radius 3 is 2.48 bits per heavy atom. The van der Waals surface area contributed by atoms with Crippen LogP contribution in [0.3, 0.4) is 0 Å². The van der Waals surface area contributed by atoms with E-state index in [9.17, 15) is 9.59 Å². The highest BCUT2D eigenvalue weighted by Crippen LogP contribution is 2.19. The van der Waals surface area contributed by atoms with Crippen molar-refractivity contribution >= 4 is 17.5 Å². The van der Waals surface area contributed by atoms with Gasteiger partial charge >= 0.3 is 5.97 Å². The number of rotatable bonds is 5.